The Labute approximate surface area is 154 Å². The molecule has 0 aromatic heterocycles. The van der Waals surface area contributed by atoms with Crippen LogP contribution in [0, 0.1) is 29.1 Å². The molecule has 3 rings (SSSR count). The van der Waals surface area contributed by atoms with E-state index >= 15 is 0 Å². The van der Waals surface area contributed by atoms with Crippen LogP contribution in [0.25, 0.3) is 0 Å². The summed E-state index contributed by atoms with van der Waals surface area (Å²) in [6, 6.07) is 0. The van der Waals surface area contributed by atoms with Gasteiger partial charge in [-0.2, -0.15) is 0 Å². The van der Waals surface area contributed by atoms with Crippen molar-refractivity contribution in [3.05, 3.63) is 24.2 Å². The minimum Gasteiger partial charge on any atom is -0.430 e. The highest BCUT2D eigenvalue weighted by Crippen LogP contribution is 2.57. The molecule has 0 radical (unpaired) electrons. The normalized spacial score (nSPS) is 37.0. The monoisotopic (exact) mass is 360 g/mol. The predicted molar refractivity (Wildman–Crippen MR) is 95.5 cm³/mol. The van der Waals surface area contributed by atoms with E-state index in [-0.39, 0.29) is 23.2 Å². The van der Waals surface area contributed by atoms with Crippen molar-refractivity contribution < 1.29 is 23.9 Å². The molecule has 1 aliphatic heterocycles. The van der Waals surface area contributed by atoms with Gasteiger partial charge in [-0.25, -0.2) is 0 Å². The van der Waals surface area contributed by atoms with Crippen molar-refractivity contribution in [1.29, 1.82) is 0 Å². The molecule has 2 aliphatic carbocycles. The van der Waals surface area contributed by atoms with Gasteiger partial charge in [0.2, 0.25) is 0 Å². The number of cyclic esters (lactones) is 1. The maximum absolute atomic E-state index is 12.2. The van der Waals surface area contributed by atoms with Crippen LogP contribution in [0.5, 0.6) is 0 Å². The maximum Gasteiger partial charge on any atom is 0.321 e. The van der Waals surface area contributed by atoms with Gasteiger partial charge in [0.15, 0.2) is 5.76 Å². The van der Waals surface area contributed by atoms with Crippen LogP contribution in [0.2, 0.25) is 0 Å². The second-order valence-electron chi connectivity index (χ2n) is 8.30. The molecule has 5 nitrogen and oxygen atoms in total. The van der Waals surface area contributed by atoms with Crippen LogP contribution >= 0.6 is 0 Å². The number of allylic oxidation sites excluding steroid dienone is 1. The van der Waals surface area contributed by atoms with Crippen molar-refractivity contribution in [3.63, 3.8) is 0 Å². The quantitative estimate of drug-likeness (QED) is 0.561. The third-order valence-corrected chi connectivity index (χ3v) is 6.86. The summed E-state index contributed by atoms with van der Waals surface area (Å²) in [6.07, 6.45) is 6.05. The van der Waals surface area contributed by atoms with Gasteiger partial charge in [-0.1, -0.05) is 26.0 Å². The standard InChI is InChI=1S/C21H28O5/c1-12-5-7-17-13(2)18(23)9-10-21(17,4)16(12)8-6-15-19(26-14(3)22)11-25-20(15)24/h11,13,15-17H,1,5-10H2,2-4H3/t13-,15?,16?,17?,21-/m1/s1. The molecule has 26 heavy (non-hydrogen) atoms. The second kappa shape index (κ2) is 7.01. The third-order valence-electron chi connectivity index (χ3n) is 6.86. The van der Waals surface area contributed by atoms with Gasteiger partial charge < -0.3 is 9.47 Å². The van der Waals surface area contributed by atoms with Crippen LogP contribution in [0.1, 0.15) is 59.3 Å². The predicted octanol–water partition coefficient (Wildman–Crippen LogP) is 3.93. The fourth-order valence-electron chi connectivity index (χ4n) is 5.38. The third kappa shape index (κ3) is 3.24. The largest absolute Gasteiger partial charge is 0.430 e. The molecule has 3 aliphatic rings. The number of Topliss-reactive ketones (excluding diaryl/α,β-unsaturated/α-hetero) is 1. The summed E-state index contributed by atoms with van der Waals surface area (Å²) >= 11 is 0. The molecule has 0 amide bonds. The average Bonchev–Trinajstić information content (AvgIpc) is 2.90. The zero-order valence-corrected chi connectivity index (χ0v) is 15.9. The highest BCUT2D eigenvalue weighted by atomic mass is 16.6. The first-order valence-corrected chi connectivity index (χ1v) is 9.53. The van der Waals surface area contributed by atoms with Crippen molar-refractivity contribution in [2.24, 2.45) is 29.1 Å². The molecule has 3 unspecified atom stereocenters. The van der Waals surface area contributed by atoms with E-state index in [2.05, 4.69) is 20.4 Å². The van der Waals surface area contributed by atoms with Gasteiger partial charge >= 0.3 is 11.9 Å². The van der Waals surface area contributed by atoms with Gasteiger partial charge in [0, 0.05) is 19.3 Å². The number of fused-ring (bicyclic) bond motifs is 1. The van der Waals surface area contributed by atoms with Crippen LogP contribution in [0.3, 0.4) is 0 Å². The Kier molecular flexibility index (Phi) is 5.09. The number of ether oxygens (including phenoxy) is 2. The number of hydrogen-bond acceptors (Lipinski definition) is 5. The smallest absolute Gasteiger partial charge is 0.321 e. The van der Waals surface area contributed by atoms with E-state index in [1.165, 1.54) is 18.8 Å². The molecule has 2 fully saturated rings. The first kappa shape index (κ1) is 18.9. The summed E-state index contributed by atoms with van der Waals surface area (Å²) in [5, 5.41) is 0. The van der Waals surface area contributed by atoms with Crippen LogP contribution in [0.4, 0.5) is 0 Å². The summed E-state index contributed by atoms with van der Waals surface area (Å²) in [5.74, 6) is 0.0681. The van der Waals surface area contributed by atoms with E-state index in [0.29, 0.717) is 30.3 Å². The van der Waals surface area contributed by atoms with Gasteiger partial charge in [0.05, 0.1) is 0 Å². The van der Waals surface area contributed by atoms with Gasteiger partial charge in [0.1, 0.15) is 18.0 Å². The minimum absolute atomic E-state index is 0.0382. The molecule has 5 atom stereocenters. The van der Waals surface area contributed by atoms with Crippen molar-refractivity contribution in [1.82, 2.24) is 0 Å². The van der Waals surface area contributed by atoms with Crippen LogP contribution in [-0.4, -0.2) is 17.7 Å². The molecule has 5 heteroatoms. The number of carbonyl (C=O) groups excluding carboxylic acids is 3. The van der Waals surface area contributed by atoms with Gasteiger partial charge in [-0.3, -0.25) is 14.4 Å². The van der Waals surface area contributed by atoms with Crippen molar-refractivity contribution in [2.45, 2.75) is 59.3 Å². The first-order valence-electron chi connectivity index (χ1n) is 9.53. The molecule has 0 N–H and O–H groups in total. The number of rotatable bonds is 4. The Morgan fingerprint density at radius 2 is 2.08 bits per heavy atom. The van der Waals surface area contributed by atoms with Gasteiger partial charge in [0.25, 0.3) is 0 Å². The Morgan fingerprint density at radius 3 is 2.77 bits per heavy atom. The van der Waals surface area contributed by atoms with Crippen LogP contribution in [0.15, 0.2) is 24.2 Å². The van der Waals surface area contributed by atoms with Crippen LogP contribution in [-0.2, 0) is 23.9 Å². The molecule has 0 aromatic carbocycles. The van der Waals surface area contributed by atoms with E-state index < -0.39 is 11.9 Å². The molecule has 1 heterocycles. The van der Waals surface area contributed by atoms with Gasteiger partial charge in [-0.05, 0) is 49.4 Å². The van der Waals surface area contributed by atoms with E-state index in [9.17, 15) is 14.4 Å². The Hall–Kier alpha value is -1.91. The van der Waals surface area contributed by atoms with E-state index in [4.69, 9.17) is 9.47 Å². The molecule has 0 saturated heterocycles. The Bertz CT molecular complexity index is 676. The summed E-state index contributed by atoms with van der Waals surface area (Å²) < 4.78 is 10.1. The van der Waals surface area contributed by atoms with Crippen molar-refractivity contribution in [2.75, 3.05) is 0 Å². The first-order chi connectivity index (χ1) is 12.2. The van der Waals surface area contributed by atoms with E-state index in [1.807, 2.05) is 0 Å². The topological polar surface area (TPSA) is 69.7 Å². The summed E-state index contributed by atoms with van der Waals surface area (Å²) in [5.41, 5.74) is 1.26. The Morgan fingerprint density at radius 1 is 1.35 bits per heavy atom. The highest BCUT2D eigenvalue weighted by molar-refractivity contribution is 5.82. The number of carbonyl (C=O) groups is 3. The lowest BCUT2D eigenvalue weighted by Gasteiger charge is -2.53. The van der Waals surface area contributed by atoms with Gasteiger partial charge in [-0.15, -0.1) is 0 Å². The minimum atomic E-state index is -0.529. The highest BCUT2D eigenvalue weighted by Gasteiger charge is 2.51. The fourth-order valence-corrected chi connectivity index (χ4v) is 5.38. The molecule has 142 valence electrons. The SMILES string of the molecule is C=C1CCC2[C@@H](C)C(=O)CC[C@]2(C)C1CCC1C(=O)OC=C1OC(C)=O. The average molecular weight is 360 g/mol. The lowest BCUT2D eigenvalue weighted by Crippen LogP contribution is -2.48. The fraction of sp³-hybridized carbons (Fsp3) is 0.667. The van der Waals surface area contributed by atoms with E-state index in [0.717, 1.165) is 25.7 Å². The maximum atomic E-state index is 12.2. The lowest BCUT2D eigenvalue weighted by atomic mass is 9.50. The molecular formula is C21H28O5. The Balaban J connectivity index is 1.74. The molecular weight excluding hydrogens is 332 g/mol. The number of esters is 2. The zero-order valence-electron chi connectivity index (χ0n) is 15.9. The second-order valence-corrected chi connectivity index (χ2v) is 8.30. The lowest BCUT2D eigenvalue weighted by molar-refractivity contribution is -0.141. The molecule has 0 aromatic rings. The molecule has 0 bridgehead atoms. The summed E-state index contributed by atoms with van der Waals surface area (Å²) in [6.45, 7) is 9.97. The van der Waals surface area contributed by atoms with Crippen molar-refractivity contribution in [3.8, 4) is 0 Å². The number of hydrogen-bond donors (Lipinski definition) is 0. The zero-order chi connectivity index (χ0) is 19.1. The van der Waals surface area contributed by atoms with E-state index in [1.54, 1.807) is 0 Å². The molecule has 2 saturated carbocycles. The number of ketones is 1. The summed E-state index contributed by atoms with van der Waals surface area (Å²) in [4.78, 5) is 35.5. The molecule has 0 spiro atoms. The summed E-state index contributed by atoms with van der Waals surface area (Å²) in [7, 11) is 0. The van der Waals surface area contributed by atoms with Crippen molar-refractivity contribution >= 4 is 17.7 Å². The van der Waals surface area contributed by atoms with Crippen LogP contribution < -0.4 is 0 Å².